The van der Waals surface area contributed by atoms with Gasteiger partial charge >= 0.3 is 0 Å². The maximum absolute atomic E-state index is 4.45. The Morgan fingerprint density at radius 1 is 1.41 bits per heavy atom. The van der Waals surface area contributed by atoms with Crippen LogP contribution in [0.2, 0.25) is 0 Å². The summed E-state index contributed by atoms with van der Waals surface area (Å²) in [4.78, 5) is 5.76. The van der Waals surface area contributed by atoms with Crippen molar-refractivity contribution in [1.82, 2.24) is 9.55 Å². The minimum absolute atomic E-state index is 0.912. The van der Waals surface area contributed by atoms with Crippen LogP contribution >= 0.6 is 11.8 Å². The zero-order chi connectivity index (χ0) is 16.1. The molecule has 0 aliphatic heterocycles. The number of thioether (sulfide) groups is 1. The van der Waals surface area contributed by atoms with Gasteiger partial charge in [-0.1, -0.05) is 31.7 Å². The molecule has 0 spiro atoms. The molecule has 0 N–H and O–H groups in total. The first-order chi connectivity index (χ1) is 10.6. The summed E-state index contributed by atoms with van der Waals surface area (Å²) in [5, 5.41) is 0. The Balaban J connectivity index is 2.23. The fraction of sp³-hybridized carbons (Fsp3) is 0.316. The molecular weight excluding hydrogens is 288 g/mol. The van der Waals surface area contributed by atoms with E-state index >= 15 is 0 Å². The van der Waals surface area contributed by atoms with E-state index in [0.29, 0.717) is 0 Å². The minimum atomic E-state index is 0.912. The van der Waals surface area contributed by atoms with E-state index in [0.717, 1.165) is 23.6 Å². The summed E-state index contributed by atoms with van der Waals surface area (Å²) in [5.74, 6) is 1.95. The minimum Gasteiger partial charge on any atom is -0.334 e. The molecule has 0 aliphatic rings. The van der Waals surface area contributed by atoms with Gasteiger partial charge in [0.1, 0.15) is 5.82 Å². The molecule has 0 radical (unpaired) electrons. The Labute approximate surface area is 138 Å². The van der Waals surface area contributed by atoms with Gasteiger partial charge in [-0.05, 0) is 43.0 Å². The van der Waals surface area contributed by atoms with Crippen molar-refractivity contribution in [3.05, 3.63) is 60.2 Å². The molecule has 22 heavy (non-hydrogen) atoms. The summed E-state index contributed by atoms with van der Waals surface area (Å²) in [6.45, 7) is 10.4. The first kappa shape index (κ1) is 16.6. The summed E-state index contributed by atoms with van der Waals surface area (Å²) < 4.78 is 2.07. The van der Waals surface area contributed by atoms with Gasteiger partial charge < -0.3 is 4.57 Å². The van der Waals surface area contributed by atoms with Gasteiger partial charge in [-0.15, -0.1) is 11.8 Å². The molecule has 0 unspecified atom stereocenters. The Bertz CT molecular complexity index is 695. The van der Waals surface area contributed by atoms with E-state index in [-0.39, 0.29) is 0 Å². The third kappa shape index (κ3) is 3.72. The molecule has 0 saturated heterocycles. The second-order valence-electron chi connectivity index (χ2n) is 5.43. The average molecular weight is 312 g/mol. The zero-order valence-corrected chi connectivity index (χ0v) is 14.7. The van der Waals surface area contributed by atoms with Gasteiger partial charge in [0, 0.05) is 35.7 Å². The van der Waals surface area contributed by atoms with Gasteiger partial charge in [-0.3, -0.25) is 0 Å². The quantitative estimate of drug-likeness (QED) is 0.681. The fourth-order valence-corrected chi connectivity index (χ4v) is 3.61. The van der Waals surface area contributed by atoms with Gasteiger partial charge in [0.15, 0.2) is 0 Å². The van der Waals surface area contributed by atoms with Crippen molar-refractivity contribution in [2.24, 2.45) is 7.05 Å². The number of nitrogens with zero attached hydrogens (tertiary/aromatic N) is 2. The van der Waals surface area contributed by atoms with E-state index in [1.807, 2.05) is 31.2 Å². The number of benzene rings is 1. The van der Waals surface area contributed by atoms with E-state index in [1.165, 1.54) is 21.6 Å². The number of aryl methyl sites for hydroxylation is 2. The summed E-state index contributed by atoms with van der Waals surface area (Å²) in [7, 11) is 2.04. The van der Waals surface area contributed by atoms with Gasteiger partial charge in [0.05, 0.1) is 0 Å². The highest BCUT2D eigenvalue weighted by molar-refractivity contribution is 7.99. The molecule has 0 amide bonds. The van der Waals surface area contributed by atoms with Crippen LogP contribution in [0.4, 0.5) is 0 Å². The highest BCUT2D eigenvalue weighted by Gasteiger charge is 2.10. The summed E-state index contributed by atoms with van der Waals surface area (Å²) in [6.07, 6.45) is 7.04. The fourth-order valence-electron chi connectivity index (χ4n) is 2.37. The second kappa shape index (κ2) is 7.50. The van der Waals surface area contributed by atoms with Crippen molar-refractivity contribution in [3.63, 3.8) is 0 Å². The third-order valence-electron chi connectivity index (χ3n) is 3.75. The smallest absolute Gasteiger partial charge is 0.136 e. The lowest BCUT2D eigenvalue weighted by Crippen LogP contribution is -1.99. The first-order valence-corrected chi connectivity index (χ1v) is 8.59. The van der Waals surface area contributed by atoms with Crippen LogP contribution in [0, 0.1) is 0 Å². The molecule has 2 aromatic rings. The lowest BCUT2D eigenvalue weighted by atomic mass is 10.1. The SMILES string of the molecule is C=C(C)c1ccc(CC)cc1SC/C(=C/C)c1nccn1C. The van der Waals surface area contributed by atoms with Gasteiger partial charge in [0.25, 0.3) is 0 Å². The zero-order valence-electron chi connectivity index (χ0n) is 13.9. The Morgan fingerprint density at radius 2 is 2.18 bits per heavy atom. The molecule has 0 saturated carbocycles. The number of hydrogen-bond donors (Lipinski definition) is 0. The molecule has 2 rings (SSSR count). The molecule has 1 heterocycles. The van der Waals surface area contributed by atoms with Crippen molar-refractivity contribution in [3.8, 4) is 0 Å². The predicted molar refractivity (Wildman–Crippen MR) is 98.1 cm³/mol. The van der Waals surface area contributed by atoms with Crippen LogP contribution in [0.5, 0.6) is 0 Å². The molecule has 2 nitrogen and oxygen atoms in total. The van der Waals surface area contributed by atoms with Crippen LogP contribution in [0.1, 0.15) is 37.7 Å². The lowest BCUT2D eigenvalue weighted by molar-refractivity contribution is 0.889. The first-order valence-electron chi connectivity index (χ1n) is 7.61. The van der Waals surface area contributed by atoms with Crippen molar-refractivity contribution in [2.75, 3.05) is 5.75 Å². The highest BCUT2D eigenvalue weighted by Crippen LogP contribution is 2.31. The number of hydrogen-bond acceptors (Lipinski definition) is 2. The average Bonchev–Trinajstić information content (AvgIpc) is 2.93. The third-order valence-corrected chi connectivity index (χ3v) is 4.86. The van der Waals surface area contributed by atoms with Crippen LogP contribution in [0.15, 0.2) is 48.1 Å². The summed E-state index contributed by atoms with van der Waals surface area (Å²) in [5.41, 5.74) is 4.99. The monoisotopic (exact) mass is 312 g/mol. The Morgan fingerprint density at radius 3 is 2.73 bits per heavy atom. The molecule has 0 fully saturated rings. The van der Waals surface area contributed by atoms with Gasteiger partial charge in [-0.25, -0.2) is 4.98 Å². The lowest BCUT2D eigenvalue weighted by Gasteiger charge is -2.12. The molecule has 0 aliphatic carbocycles. The number of imidazole rings is 1. The van der Waals surface area contributed by atoms with E-state index < -0.39 is 0 Å². The van der Waals surface area contributed by atoms with Crippen molar-refractivity contribution >= 4 is 22.9 Å². The van der Waals surface area contributed by atoms with Crippen LogP contribution in [-0.4, -0.2) is 15.3 Å². The molecule has 1 aromatic carbocycles. The number of allylic oxidation sites excluding steroid dienone is 2. The second-order valence-corrected chi connectivity index (χ2v) is 6.45. The van der Waals surface area contributed by atoms with Crippen LogP contribution in [0.3, 0.4) is 0 Å². The largest absolute Gasteiger partial charge is 0.334 e. The Hall–Kier alpha value is -1.74. The van der Waals surface area contributed by atoms with Gasteiger partial charge in [0.2, 0.25) is 0 Å². The maximum Gasteiger partial charge on any atom is 0.136 e. The van der Waals surface area contributed by atoms with Crippen LogP contribution in [-0.2, 0) is 13.5 Å². The molecule has 3 heteroatoms. The molecule has 0 atom stereocenters. The van der Waals surface area contributed by atoms with Crippen molar-refractivity contribution in [2.45, 2.75) is 32.1 Å². The molecule has 116 valence electrons. The Kier molecular flexibility index (Phi) is 5.67. The summed E-state index contributed by atoms with van der Waals surface area (Å²) >= 11 is 1.86. The number of rotatable bonds is 6. The highest BCUT2D eigenvalue weighted by atomic mass is 32.2. The molecule has 1 aromatic heterocycles. The van der Waals surface area contributed by atoms with Crippen molar-refractivity contribution in [1.29, 1.82) is 0 Å². The maximum atomic E-state index is 4.45. The topological polar surface area (TPSA) is 17.8 Å². The molecule has 0 bridgehead atoms. The molecular formula is C19H24N2S. The van der Waals surface area contributed by atoms with E-state index in [4.69, 9.17) is 0 Å². The standard InChI is InChI=1S/C19H24N2S/c1-6-15-8-9-17(14(3)4)18(12-15)22-13-16(7-2)19-20-10-11-21(19)5/h7-12H,3,6,13H2,1-2,4-5H3/b16-7-. The van der Waals surface area contributed by atoms with Gasteiger partial charge in [-0.2, -0.15) is 0 Å². The van der Waals surface area contributed by atoms with Crippen LogP contribution in [0.25, 0.3) is 11.1 Å². The number of aromatic nitrogens is 2. The van der Waals surface area contributed by atoms with E-state index in [9.17, 15) is 0 Å². The normalized spacial score (nSPS) is 11.7. The van der Waals surface area contributed by atoms with E-state index in [1.54, 1.807) is 0 Å². The predicted octanol–water partition coefficient (Wildman–Crippen LogP) is 5.21. The van der Waals surface area contributed by atoms with E-state index in [2.05, 4.69) is 61.2 Å². The van der Waals surface area contributed by atoms with Crippen molar-refractivity contribution < 1.29 is 0 Å². The summed E-state index contributed by atoms with van der Waals surface area (Å²) in [6, 6.07) is 6.68. The van der Waals surface area contributed by atoms with Crippen LogP contribution < -0.4 is 0 Å².